The molecular weight excluding hydrogens is 267 g/mol. The second kappa shape index (κ2) is 6.69. The second-order valence-electron chi connectivity index (χ2n) is 3.84. The standard InChI is InChI=1S/C8H17N2O7P/c1-3(11)10-5-7(13)6(12)4(2-9)16-8(5)17-18(14)15/h4-8,12-15H,2,9H2,1H3,(H,10,11). The van der Waals surface area contributed by atoms with Gasteiger partial charge in [0.2, 0.25) is 5.91 Å². The molecule has 0 spiro atoms. The maximum Gasteiger partial charge on any atom is 0.329 e. The Morgan fingerprint density at radius 2 is 2.06 bits per heavy atom. The van der Waals surface area contributed by atoms with Gasteiger partial charge < -0.3 is 35.8 Å². The lowest BCUT2D eigenvalue weighted by atomic mass is 9.97. The molecule has 1 saturated heterocycles. The largest absolute Gasteiger partial charge is 0.388 e. The number of rotatable bonds is 4. The average Bonchev–Trinajstić information content (AvgIpc) is 2.27. The van der Waals surface area contributed by atoms with E-state index in [1.165, 1.54) is 6.92 Å². The number of hydrogen-bond donors (Lipinski definition) is 6. The fourth-order valence-electron chi connectivity index (χ4n) is 1.70. The first-order valence-electron chi connectivity index (χ1n) is 5.20. The van der Waals surface area contributed by atoms with E-state index in [1.54, 1.807) is 0 Å². The Kier molecular flexibility index (Phi) is 5.83. The average molecular weight is 284 g/mol. The van der Waals surface area contributed by atoms with Gasteiger partial charge in [-0.3, -0.25) is 9.32 Å². The fourth-order valence-corrected chi connectivity index (χ4v) is 2.06. The van der Waals surface area contributed by atoms with Crippen molar-refractivity contribution >= 4 is 14.5 Å². The van der Waals surface area contributed by atoms with Gasteiger partial charge in [-0.05, 0) is 0 Å². The molecule has 0 aromatic carbocycles. The minimum atomic E-state index is -2.74. The van der Waals surface area contributed by atoms with Crippen LogP contribution in [0.2, 0.25) is 0 Å². The molecule has 18 heavy (non-hydrogen) atoms. The first-order chi connectivity index (χ1) is 8.36. The summed E-state index contributed by atoms with van der Waals surface area (Å²) in [6.07, 6.45) is -4.93. The van der Waals surface area contributed by atoms with Crippen molar-refractivity contribution in [2.24, 2.45) is 5.73 Å². The molecule has 1 aliphatic heterocycles. The van der Waals surface area contributed by atoms with Crippen molar-refractivity contribution in [2.45, 2.75) is 37.6 Å². The minimum absolute atomic E-state index is 0.0976. The van der Waals surface area contributed by atoms with Gasteiger partial charge in [0.25, 0.3) is 0 Å². The van der Waals surface area contributed by atoms with Gasteiger partial charge in [-0.2, -0.15) is 0 Å². The third-order valence-electron chi connectivity index (χ3n) is 2.50. The third kappa shape index (κ3) is 3.81. The zero-order chi connectivity index (χ0) is 13.9. The van der Waals surface area contributed by atoms with Crippen LogP contribution in [0.4, 0.5) is 0 Å². The summed E-state index contributed by atoms with van der Waals surface area (Å²) in [5.41, 5.74) is 5.34. The van der Waals surface area contributed by atoms with E-state index in [2.05, 4.69) is 9.84 Å². The number of aliphatic hydroxyl groups is 2. The van der Waals surface area contributed by atoms with Crippen molar-refractivity contribution in [3.05, 3.63) is 0 Å². The lowest BCUT2D eigenvalue weighted by Gasteiger charge is -2.42. The monoisotopic (exact) mass is 284 g/mol. The molecule has 7 N–H and O–H groups in total. The van der Waals surface area contributed by atoms with Crippen LogP contribution in [0.5, 0.6) is 0 Å². The van der Waals surface area contributed by atoms with Crippen LogP contribution >= 0.6 is 8.60 Å². The molecule has 9 nitrogen and oxygen atoms in total. The normalized spacial score (nSPS) is 36.7. The van der Waals surface area contributed by atoms with E-state index in [0.717, 1.165) is 0 Å². The minimum Gasteiger partial charge on any atom is -0.388 e. The number of nitrogens with one attached hydrogen (secondary N) is 1. The van der Waals surface area contributed by atoms with E-state index < -0.39 is 45.2 Å². The molecule has 0 aromatic rings. The number of hydrogen-bond acceptors (Lipinski definition) is 8. The molecule has 10 heteroatoms. The Morgan fingerprint density at radius 3 is 2.50 bits per heavy atom. The summed E-state index contributed by atoms with van der Waals surface area (Å²) in [6.45, 7) is 1.10. The zero-order valence-electron chi connectivity index (χ0n) is 9.63. The molecule has 1 amide bonds. The predicted octanol–water partition coefficient (Wildman–Crippen LogP) is -2.88. The van der Waals surface area contributed by atoms with Crippen LogP contribution in [0.25, 0.3) is 0 Å². The van der Waals surface area contributed by atoms with Crippen LogP contribution in [0.1, 0.15) is 6.92 Å². The van der Waals surface area contributed by atoms with Gasteiger partial charge in [-0.25, -0.2) is 0 Å². The topological polar surface area (TPSA) is 154 Å². The van der Waals surface area contributed by atoms with Gasteiger partial charge in [0, 0.05) is 13.5 Å². The van der Waals surface area contributed by atoms with Gasteiger partial charge >= 0.3 is 8.60 Å². The SMILES string of the molecule is CC(=O)NC1C(OP(O)O)OC(CN)C(O)C1O. The summed E-state index contributed by atoms with van der Waals surface area (Å²) >= 11 is 0. The number of ether oxygens (including phenoxy) is 1. The Labute approximate surface area is 105 Å². The summed E-state index contributed by atoms with van der Waals surface area (Å²) in [4.78, 5) is 28.6. The summed E-state index contributed by atoms with van der Waals surface area (Å²) in [7, 11) is -2.74. The van der Waals surface area contributed by atoms with E-state index in [9.17, 15) is 15.0 Å². The molecule has 106 valence electrons. The molecule has 1 fully saturated rings. The maximum absolute atomic E-state index is 11.0. The molecule has 0 aromatic heterocycles. The van der Waals surface area contributed by atoms with Gasteiger partial charge in [0.05, 0.1) is 0 Å². The Morgan fingerprint density at radius 1 is 1.44 bits per heavy atom. The van der Waals surface area contributed by atoms with E-state index in [4.69, 9.17) is 20.3 Å². The number of nitrogens with two attached hydrogens (primary N) is 1. The highest BCUT2D eigenvalue weighted by Gasteiger charge is 2.45. The van der Waals surface area contributed by atoms with Gasteiger partial charge in [-0.15, -0.1) is 0 Å². The van der Waals surface area contributed by atoms with Crippen molar-refractivity contribution in [2.75, 3.05) is 6.54 Å². The highest BCUT2D eigenvalue weighted by molar-refractivity contribution is 7.39. The molecule has 1 rings (SSSR count). The molecule has 0 aliphatic carbocycles. The van der Waals surface area contributed by atoms with E-state index in [-0.39, 0.29) is 6.54 Å². The van der Waals surface area contributed by atoms with Gasteiger partial charge in [0.15, 0.2) is 6.29 Å². The smallest absolute Gasteiger partial charge is 0.329 e. The molecule has 1 aliphatic rings. The summed E-state index contributed by atoms with van der Waals surface area (Å²) in [5.74, 6) is -0.491. The lowest BCUT2D eigenvalue weighted by molar-refractivity contribution is -0.236. The highest BCUT2D eigenvalue weighted by Crippen LogP contribution is 2.32. The molecule has 0 saturated carbocycles. The van der Waals surface area contributed by atoms with Crippen LogP contribution < -0.4 is 11.1 Å². The van der Waals surface area contributed by atoms with E-state index in [1.807, 2.05) is 0 Å². The van der Waals surface area contributed by atoms with Crippen molar-refractivity contribution in [1.82, 2.24) is 5.32 Å². The third-order valence-corrected chi connectivity index (χ3v) is 2.90. The van der Waals surface area contributed by atoms with Crippen molar-refractivity contribution in [3.63, 3.8) is 0 Å². The molecule has 0 bridgehead atoms. The van der Waals surface area contributed by atoms with E-state index >= 15 is 0 Å². The summed E-state index contributed by atoms with van der Waals surface area (Å²) in [6, 6.07) is -1.12. The van der Waals surface area contributed by atoms with Crippen LogP contribution in [0.3, 0.4) is 0 Å². The van der Waals surface area contributed by atoms with E-state index in [0.29, 0.717) is 0 Å². The first kappa shape index (κ1) is 15.7. The summed E-state index contributed by atoms with van der Waals surface area (Å²) < 4.78 is 9.83. The predicted molar refractivity (Wildman–Crippen MR) is 59.8 cm³/mol. The molecule has 5 atom stereocenters. The Hall–Kier alpha value is -0.380. The van der Waals surface area contributed by atoms with Crippen molar-refractivity contribution < 1.29 is 34.1 Å². The molecule has 0 radical (unpaired) electrons. The second-order valence-corrected chi connectivity index (χ2v) is 4.56. The highest BCUT2D eigenvalue weighted by atomic mass is 31.2. The van der Waals surface area contributed by atoms with Crippen LogP contribution in [-0.2, 0) is 14.1 Å². The molecule has 1 heterocycles. The van der Waals surface area contributed by atoms with Crippen LogP contribution in [0.15, 0.2) is 0 Å². The number of amides is 1. The van der Waals surface area contributed by atoms with Gasteiger partial charge in [-0.1, -0.05) is 0 Å². The quantitative estimate of drug-likeness (QED) is 0.301. The van der Waals surface area contributed by atoms with Gasteiger partial charge in [0.1, 0.15) is 24.4 Å². The number of carbonyl (C=O) groups is 1. The van der Waals surface area contributed by atoms with Crippen molar-refractivity contribution in [3.8, 4) is 0 Å². The van der Waals surface area contributed by atoms with Crippen LogP contribution in [-0.4, -0.2) is 63.1 Å². The summed E-state index contributed by atoms with van der Waals surface area (Å²) in [5, 5.41) is 21.8. The lowest BCUT2D eigenvalue weighted by Crippen LogP contribution is -2.64. The maximum atomic E-state index is 11.0. The Balaban J connectivity index is 2.83. The fraction of sp³-hybridized carbons (Fsp3) is 0.875. The Bertz CT molecular complexity index is 293. The molecular formula is C8H17N2O7P. The number of aliphatic hydroxyl groups excluding tert-OH is 2. The first-order valence-corrected chi connectivity index (χ1v) is 6.36. The molecule has 5 unspecified atom stereocenters. The zero-order valence-corrected chi connectivity index (χ0v) is 10.5. The number of carbonyl (C=O) groups excluding carboxylic acids is 1. The van der Waals surface area contributed by atoms with Crippen LogP contribution in [0, 0.1) is 0 Å². The van der Waals surface area contributed by atoms with Crippen molar-refractivity contribution in [1.29, 1.82) is 0 Å².